The number of hydrogen-bond donors (Lipinski definition) is 0. The molecule has 0 aliphatic carbocycles. The molecule has 0 unspecified atom stereocenters. The highest BCUT2D eigenvalue weighted by molar-refractivity contribution is 6.32. The Morgan fingerprint density at radius 1 is 1.56 bits per heavy atom. The summed E-state index contributed by atoms with van der Waals surface area (Å²) in [6.45, 7) is 2.08. The van der Waals surface area contributed by atoms with Gasteiger partial charge < -0.3 is 9.47 Å². The van der Waals surface area contributed by atoms with Gasteiger partial charge in [-0.05, 0) is 24.6 Å². The average molecular weight is 266 g/mol. The molecule has 18 heavy (non-hydrogen) atoms. The van der Waals surface area contributed by atoms with E-state index in [0.29, 0.717) is 16.3 Å². The van der Waals surface area contributed by atoms with Crippen LogP contribution in [0.2, 0.25) is 5.02 Å². The van der Waals surface area contributed by atoms with E-state index in [2.05, 4.69) is 0 Å². The Morgan fingerprint density at radius 2 is 2.22 bits per heavy atom. The Kier molecular flexibility index (Phi) is 3.29. The van der Waals surface area contributed by atoms with E-state index in [0.717, 1.165) is 5.56 Å². The number of ketones is 1. The lowest BCUT2D eigenvalue weighted by Crippen LogP contribution is -2.48. The Bertz CT molecular complexity index is 544. The summed E-state index contributed by atoms with van der Waals surface area (Å²) in [5.41, 5.74) is 0.135. The fourth-order valence-electron chi connectivity index (χ4n) is 1.87. The van der Waals surface area contributed by atoms with Gasteiger partial charge in [-0.3, -0.25) is 4.79 Å². The minimum atomic E-state index is -1.05. The summed E-state index contributed by atoms with van der Waals surface area (Å²) in [7, 11) is 1.51. The maximum absolute atomic E-state index is 12.4. The smallest absolute Gasteiger partial charge is 0.188 e. The van der Waals surface area contributed by atoms with E-state index in [1.165, 1.54) is 7.11 Å². The summed E-state index contributed by atoms with van der Waals surface area (Å²) < 4.78 is 10.1. The van der Waals surface area contributed by atoms with Crippen molar-refractivity contribution < 1.29 is 14.3 Å². The number of benzene rings is 1. The first-order valence-corrected chi connectivity index (χ1v) is 5.80. The highest BCUT2D eigenvalue weighted by Crippen LogP contribution is 2.35. The molecule has 1 fully saturated rings. The van der Waals surface area contributed by atoms with Crippen molar-refractivity contribution in [2.24, 2.45) is 5.41 Å². The lowest BCUT2D eigenvalue weighted by molar-refractivity contribution is -0.0566. The minimum absolute atomic E-state index is 0.144. The molecule has 0 atom stereocenters. The van der Waals surface area contributed by atoms with Gasteiger partial charge in [0.1, 0.15) is 5.75 Å². The van der Waals surface area contributed by atoms with Crippen molar-refractivity contribution in [3.8, 4) is 11.8 Å². The van der Waals surface area contributed by atoms with Gasteiger partial charge in [0.2, 0.25) is 0 Å². The SMILES string of the molecule is COc1cc(C)c(C(=O)C2(C#N)COC2)cc1Cl. The molecule has 5 heteroatoms. The van der Waals surface area contributed by atoms with Crippen LogP contribution in [0.25, 0.3) is 0 Å². The predicted molar refractivity (Wildman–Crippen MR) is 65.9 cm³/mol. The van der Waals surface area contributed by atoms with E-state index in [-0.39, 0.29) is 19.0 Å². The number of nitriles is 1. The molecule has 0 aromatic heterocycles. The summed E-state index contributed by atoms with van der Waals surface area (Å²) >= 11 is 6.01. The monoisotopic (exact) mass is 265 g/mol. The Morgan fingerprint density at radius 3 is 2.67 bits per heavy atom. The van der Waals surface area contributed by atoms with Crippen molar-refractivity contribution in [3.63, 3.8) is 0 Å². The number of hydrogen-bond acceptors (Lipinski definition) is 4. The van der Waals surface area contributed by atoms with Gasteiger partial charge in [0.15, 0.2) is 11.2 Å². The summed E-state index contributed by atoms with van der Waals surface area (Å²) in [5.74, 6) is 0.278. The van der Waals surface area contributed by atoms with Crippen molar-refractivity contribution in [1.29, 1.82) is 5.26 Å². The Labute approximate surface area is 110 Å². The topological polar surface area (TPSA) is 59.3 Å². The molecule has 2 rings (SSSR count). The molecular weight excluding hydrogens is 254 g/mol. The van der Waals surface area contributed by atoms with Gasteiger partial charge in [0.25, 0.3) is 0 Å². The number of nitrogens with zero attached hydrogens (tertiary/aromatic N) is 1. The third-order valence-electron chi connectivity index (χ3n) is 3.09. The van der Waals surface area contributed by atoms with Crippen molar-refractivity contribution in [3.05, 3.63) is 28.3 Å². The molecule has 0 saturated carbocycles. The highest BCUT2D eigenvalue weighted by atomic mass is 35.5. The highest BCUT2D eigenvalue weighted by Gasteiger charge is 2.47. The fourth-order valence-corrected chi connectivity index (χ4v) is 2.11. The third kappa shape index (κ3) is 1.86. The number of halogens is 1. The van der Waals surface area contributed by atoms with Crippen LogP contribution in [-0.2, 0) is 4.74 Å². The molecule has 94 valence electrons. The van der Waals surface area contributed by atoms with Gasteiger partial charge in [-0.2, -0.15) is 5.26 Å². The molecule has 1 heterocycles. The van der Waals surface area contributed by atoms with Crippen LogP contribution in [0, 0.1) is 23.7 Å². The first kappa shape index (κ1) is 12.9. The Hall–Kier alpha value is -1.57. The number of carbonyl (C=O) groups excluding carboxylic acids is 1. The first-order valence-electron chi connectivity index (χ1n) is 5.42. The van der Waals surface area contributed by atoms with Gasteiger partial charge in [0.05, 0.1) is 31.4 Å². The van der Waals surface area contributed by atoms with Gasteiger partial charge in [-0.1, -0.05) is 11.6 Å². The lowest BCUT2D eigenvalue weighted by atomic mass is 9.79. The molecule has 0 N–H and O–H groups in total. The first-order chi connectivity index (χ1) is 8.54. The molecule has 1 saturated heterocycles. The van der Waals surface area contributed by atoms with Crippen LogP contribution in [-0.4, -0.2) is 26.1 Å². The summed E-state index contributed by atoms with van der Waals surface area (Å²) in [4.78, 5) is 12.4. The average Bonchev–Trinajstić information content (AvgIpc) is 2.30. The van der Waals surface area contributed by atoms with Crippen LogP contribution in [0.4, 0.5) is 0 Å². The van der Waals surface area contributed by atoms with Gasteiger partial charge >= 0.3 is 0 Å². The number of rotatable bonds is 3. The zero-order valence-electron chi connectivity index (χ0n) is 10.1. The van der Waals surface area contributed by atoms with E-state index in [1.54, 1.807) is 19.1 Å². The molecule has 1 aromatic carbocycles. The second-order valence-corrected chi connectivity index (χ2v) is 4.72. The van der Waals surface area contributed by atoms with Crippen LogP contribution < -0.4 is 4.74 Å². The normalized spacial score (nSPS) is 16.6. The van der Waals surface area contributed by atoms with E-state index < -0.39 is 5.41 Å². The Balaban J connectivity index is 2.43. The van der Waals surface area contributed by atoms with Gasteiger partial charge in [0, 0.05) is 5.56 Å². The van der Waals surface area contributed by atoms with Crippen molar-refractivity contribution in [2.45, 2.75) is 6.92 Å². The lowest BCUT2D eigenvalue weighted by Gasteiger charge is -2.33. The number of Topliss-reactive ketones (excluding diaryl/α,β-unsaturated/α-hetero) is 1. The van der Waals surface area contributed by atoms with Gasteiger partial charge in [-0.25, -0.2) is 0 Å². The number of ether oxygens (including phenoxy) is 2. The van der Waals surface area contributed by atoms with Crippen molar-refractivity contribution in [2.75, 3.05) is 20.3 Å². The molecule has 1 aromatic rings. The maximum Gasteiger partial charge on any atom is 0.188 e. The molecule has 1 aliphatic heterocycles. The van der Waals surface area contributed by atoms with Crippen LogP contribution in [0.15, 0.2) is 12.1 Å². The summed E-state index contributed by atoms with van der Waals surface area (Å²) in [5, 5.41) is 9.48. The predicted octanol–water partition coefficient (Wildman–Crippen LogP) is 2.38. The molecular formula is C13H12ClNO3. The molecule has 0 bridgehead atoms. The number of methoxy groups -OCH3 is 1. The fraction of sp³-hybridized carbons (Fsp3) is 0.385. The van der Waals surface area contributed by atoms with E-state index in [9.17, 15) is 4.79 Å². The number of aryl methyl sites for hydroxylation is 1. The van der Waals surface area contributed by atoms with Gasteiger partial charge in [-0.15, -0.1) is 0 Å². The van der Waals surface area contributed by atoms with Crippen molar-refractivity contribution in [1.82, 2.24) is 0 Å². The summed E-state index contributed by atoms with van der Waals surface area (Å²) in [6.07, 6.45) is 0. The number of carbonyl (C=O) groups is 1. The zero-order valence-corrected chi connectivity index (χ0v) is 10.9. The van der Waals surface area contributed by atoms with Crippen LogP contribution in [0.3, 0.4) is 0 Å². The van der Waals surface area contributed by atoms with Crippen LogP contribution in [0.1, 0.15) is 15.9 Å². The molecule has 0 spiro atoms. The van der Waals surface area contributed by atoms with E-state index in [4.69, 9.17) is 26.3 Å². The third-order valence-corrected chi connectivity index (χ3v) is 3.38. The molecule has 4 nitrogen and oxygen atoms in total. The van der Waals surface area contributed by atoms with E-state index >= 15 is 0 Å². The standard InChI is InChI=1S/C13H12ClNO3/c1-8-3-11(17-2)10(14)4-9(8)12(16)13(5-15)6-18-7-13/h3-4H,6-7H2,1-2H3. The van der Waals surface area contributed by atoms with Crippen LogP contribution >= 0.6 is 11.6 Å². The van der Waals surface area contributed by atoms with Crippen LogP contribution in [0.5, 0.6) is 5.75 Å². The second-order valence-electron chi connectivity index (χ2n) is 4.32. The molecule has 1 aliphatic rings. The molecule has 0 radical (unpaired) electrons. The largest absolute Gasteiger partial charge is 0.495 e. The zero-order chi connectivity index (χ0) is 13.3. The quantitative estimate of drug-likeness (QED) is 0.788. The molecule has 0 amide bonds. The second kappa shape index (κ2) is 4.60. The maximum atomic E-state index is 12.4. The minimum Gasteiger partial charge on any atom is -0.495 e. The summed E-state index contributed by atoms with van der Waals surface area (Å²) in [6, 6.07) is 5.29. The van der Waals surface area contributed by atoms with E-state index in [1.807, 2.05) is 6.07 Å². The van der Waals surface area contributed by atoms with Crippen molar-refractivity contribution >= 4 is 17.4 Å².